The van der Waals surface area contributed by atoms with Crippen molar-refractivity contribution < 1.29 is 12.9 Å². The second-order valence-corrected chi connectivity index (χ2v) is 4.29. The minimum atomic E-state index is -4.82. The summed E-state index contributed by atoms with van der Waals surface area (Å²) in [7, 11) is 0. The fraction of sp³-hybridized carbons (Fsp3) is 0.750. The van der Waals surface area contributed by atoms with Crippen molar-refractivity contribution in [2.75, 3.05) is 11.5 Å². The third kappa shape index (κ3) is 6.08. The van der Waals surface area contributed by atoms with E-state index in [-0.39, 0.29) is 5.75 Å². The maximum atomic E-state index is 12.0. The Hall–Kier alpha value is -0.0551. The van der Waals surface area contributed by atoms with Crippen LogP contribution >= 0.6 is 11.8 Å². The van der Waals surface area contributed by atoms with Crippen molar-refractivity contribution in [3.8, 4) is 0 Å². The van der Waals surface area contributed by atoms with Crippen molar-refractivity contribution in [2.45, 2.75) is 20.3 Å². The fourth-order valence-electron chi connectivity index (χ4n) is 0.604. The van der Waals surface area contributed by atoms with Gasteiger partial charge in [0.1, 0.15) is 0 Å². The predicted octanol–water partition coefficient (Wildman–Crippen LogP) is 3.71. The molecule has 1 unspecified atom stereocenters. The average Bonchev–Trinajstić information content (AvgIpc) is 2.02. The molecule has 5 heteroatoms. The topological polar surface area (TPSA) is 0 Å². The standard InChI is InChI=1S/C8H15BF3S/c1-4-7(2)5-13-6-8(3)9(10,11)12/h7H,3-6H2,1-2H3/q-1. The van der Waals surface area contributed by atoms with Crippen molar-refractivity contribution in [1.82, 2.24) is 0 Å². The molecule has 0 heterocycles. The zero-order valence-electron chi connectivity index (χ0n) is 8.03. The highest BCUT2D eigenvalue weighted by molar-refractivity contribution is 7.99. The lowest BCUT2D eigenvalue weighted by Crippen LogP contribution is -2.20. The minimum Gasteiger partial charge on any atom is -0.445 e. The summed E-state index contributed by atoms with van der Waals surface area (Å²) < 4.78 is 36.0. The molecule has 0 saturated carbocycles. The van der Waals surface area contributed by atoms with E-state index < -0.39 is 12.4 Å². The SMILES string of the molecule is C=C(CSCC(C)CC)[B-](F)(F)F. The zero-order chi connectivity index (χ0) is 10.5. The van der Waals surface area contributed by atoms with E-state index in [0.717, 1.165) is 12.2 Å². The van der Waals surface area contributed by atoms with E-state index >= 15 is 0 Å². The molecule has 0 fully saturated rings. The largest absolute Gasteiger partial charge is 0.505 e. The molecule has 13 heavy (non-hydrogen) atoms. The van der Waals surface area contributed by atoms with Crippen LogP contribution in [0, 0.1) is 5.92 Å². The van der Waals surface area contributed by atoms with Gasteiger partial charge < -0.3 is 12.9 Å². The van der Waals surface area contributed by atoms with Crippen LogP contribution in [-0.2, 0) is 0 Å². The third-order valence-corrected chi connectivity index (χ3v) is 3.23. The molecule has 0 rings (SSSR count). The Labute approximate surface area is 82.0 Å². The van der Waals surface area contributed by atoms with Gasteiger partial charge in [-0.1, -0.05) is 20.3 Å². The lowest BCUT2D eigenvalue weighted by molar-refractivity contribution is 0.491. The number of thioether (sulfide) groups is 1. The maximum Gasteiger partial charge on any atom is 0.505 e. The highest BCUT2D eigenvalue weighted by Crippen LogP contribution is 2.23. The number of rotatable bonds is 6. The normalized spacial score (nSPS) is 14.2. The van der Waals surface area contributed by atoms with Gasteiger partial charge in [0.15, 0.2) is 0 Å². The Morgan fingerprint density at radius 3 is 2.38 bits per heavy atom. The van der Waals surface area contributed by atoms with Crippen LogP contribution in [-0.4, -0.2) is 18.5 Å². The summed E-state index contributed by atoms with van der Waals surface area (Å²) in [4.78, 5) is 0. The molecule has 0 nitrogen and oxygen atoms in total. The van der Waals surface area contributed by atoms with Gasteiger partial charge in [0, 0.05) is 0 Å². The second kappa shape index (κ2) is 5.63. The van der Waals surface area contributed by atoms with Gasteiger partial charge in [-0.2, -0.15) is 11.8 Å². The molecule has 0 aliphatic rings. The molecule has 0 spiro atoms. The van der Waals surface area contributed by atoms with Crippen LogP contribution in [0.1, 0.15) is 20.3 Å². The molecule has 0 aromatic heterocycles. The number of hydrogen-bond acceptors (Lipinski definition) is 1. The van der Waals surface area contributed by atoms with Gasteiger partial charge in [0.2, 0.25) is 0 Å². The van der Waals surface area contributed by atoms with Gasteiger partial charge in [0.25, 0.3) is 0 Å². The molecule has 0 N–H and O–H groups in total. The molecule has 0 saturated heterocycles. The minimum absolute atomic E-state index is 0.0217. The molecule has 0 aliphatic carbocycles. The average molecular weight is 211 g/mol. The second-order valence-electron chi connectivity index (χ2n) is 3.26. The third-order valence-electron chi connectivity index (χ3n) is 1.85. The van der Waals surface area contributed by atoms with E-state index in [4.69, 9.17) is 0 Å². The molecular weight excluding hydrogens is 196 g/mol. The predicted molar refractivity (Wildman–Crippen MR) is 55.0 cm³/mol. The van der Waals surface area contributed by atoms with Gasteiger partial charge in [-0.25, -0.2) is 0 Å². The lowest BCUT2D eigenvalue weighted by Gasteiger charge is -2.18. The van der Waals surface area contributed by atoms with E-state index in [1.807, 2.05) is 13.8 Å². The van der Waals surface area contributed by atoms with Gasteiger partial charge in [-0.05, 0) is 17.4 Å². The molecule has 0 amide bonds. The van der Waals surface area contributed by atoms with Crippen molar-refractivity contribution in [1.29, 1.82) is 0 Å². The fourth-order valence-corrected chi connectivity index (χ4v) is 1.81. The van der Waals surface area contributed by atoms with Crippen molar-refractivity contribution in [2.24, 2.45) is 5.92 Å². The first-order chi connectivity index (χ1) is 5.88. The van der Waals surface area contributed by atoms with Crippen LogP contribution in [0.15, 0.2) is 12.1 Å². The summed E-state index contributed by atoms with van der Waals surface area (Å²) in [5.41, 5.74) is -0.576. The molecule has 0 radical (unpaired) electrons. The maximum absolute atomic E-state index is 12.0. The Kier molecular flexibility index (Phi) is 5.60. The van der Waals surface area contributed by atoms with Gasteiger partial charge in [0.05, 0.1) is 0 Å². The lowest BCUT2D eigenvalue weighted by atomic mass is 9.82. The van der Waals surface area contributed by atoms with Crippen molar-refractivity contribution in [3.63, 3.8) is 0 Å². The van der Waals surface area contributed by atoms with E-state index in [2.05, 4.69) is 6.58 Å². The number of halogens is 3. The first-order valence-corrected chi connectivity index (χ1v) is 5.48. The van der Waals surface area contributed by atoms with E-state index in [1.54, 1.807) is 0 Å². The molecule has 1 atom stereocenters. The Bertz CT molecular complexity index is 167. The summed E-state index contributed by atoms with van der Waals surface area (Å²) in [6.45, 7) is 2.28. The molecule has 0 bridgehead atoms. The Morgan fingerprint density at radius 2 is 2.00 bits per heavy atom. The molecule has 0 aromatic rings. The first kappa shape index (κ1) is 12.9. The summed E-state index contributed by atoms with van der Waals surface area (Å²) in [6, 6.07) is 0. The zero-order valence-corrected chi connectivity index (χ0v) is 8.84. The van der Waals surface area contributed by atoms with E-state index in [9.17, 15) is 12.9 Å². The Morgan fingerprint density at radius 1 is 1.46 bits per heavy atom. The van der Waals surface area contributed by atoms with Crippen LogP contribution in [0.4, 0.5) is 12.9 Å². The highest BCUT2D eigenvalue weighted by Gasteiger charge is 2.26. The first-order valence-electron chi connectivity index (χ1n) is 4.33. The summed E-state index contributed by atoms with van der Waals surface area (Å²) >= 11 is 1.32. The molecule has 0 aliphatic heterocycles. The van der Waals surface area contributed by atoms with Crippen LogP contribution < -0.4 is 0 Å². The highest BCUT2D eigenvalue weighted by atomic mass is 32.2. The van der Waals surface area contributed by atoms with Gasteiger partial charge >= 0.3 is 6.98 Å². The van der Waals surface area contributed by atoms with E-state index in [0.29, 0.717) is 5.92 Å². The van der Waals surface area contributed by atoms with Gasteiger partial charge in [-0.15, -0.1) is 12.1 Å². The summed E-state index contributed by atoms with van der Waals surface area (Å²) in [5.74, 6) is 1.29. The van der Waals surface area contributed by atoms with Gasteiger partial charge in [-0.3, -0.25) is 0 Å². The summed E-state index contributed by atoms with van der Waals surface area (Å²) in [5, 5.41) is 0. The summed E-state index contributed by atoms with van der Waals surface area (Å²) in [6.07, 6.45) is 1.01. The van der Waals surface area contributed by atoms with Crippen molar-refractivity contribution in [3.05, 3.63) is 12.1 Å². The van der Waals surface area contributed by atoms with Crippen LogP contribution in [0.5, 0.6) is 0 Å². The van der Waals surface area contributed by atoms with Crippen LogP contribution in [0.2, 0.25) is 0 Å². The van der Waals surface area contributed by atoms with Crippen LogP contribution in [0.25, 0.3) is 0 Å². The Balaban J connectivity index is 3.60. The quantitative estimate of drug-likeness (QED) is 0.603. The number of hydrogen-bond donors (Lipinski definition) is 0. The van der Waals surface area contributed by atoms with Crippen LogP contribution in [0.3, 0.4) is 0 Å². The smallest absolute Gasteiger partial charge is 0.445 e. The monoisotopic (exact) mass is 211 g/mol. The molecule has 0 aromatic carbocycles. The van der Waals surface area contributed by atoms with Crippen molar-refractivity contribution >= 4 is 18.7 Å². The molecule has 78 valence electrons. The van der Waals surface area contributed by atoms with E-state index in [1.165, 1.54) is 11.8 Å². The molecular formula is C8H15BF3S-.